The van der Waals surface area contributed by atoms with Gasteiger partial charge in [-0.1, -0.05) is 31.9 Å². The third kappa shape index (κ3) is 2.09. The molecule has 2 rings (SSSR count). The molecule has 0 heteroatoms. The summed E-state index contributed by atoms with van der Waals surface area (Å²) in [7, 11) is 0. The number of aryl methyl sites for hydroxylation is 2. The summed E-state index contributed by atoms with van der Waals surface area (Å²) in [4.78, 5) is 0. The van der Waals surface area contributed by atoms with Crippen molar-refractivity contribution in [2.75, 3.05) is 0 Å². The summed E-state index contributed by atoms with van der Waals surface area (Å²) in [6, 6.07) is 4.88. The van der Waals surface area contributed by atoms with Crippen molar-refractivity contribution in [1.29, 1.82) is 0 Å². The first-order valence-corrected chi connectivity index (χ1v) is 6.32. The van der Waals surface area contributed by atoms with Gasteiger partial charge in [0.05, 0.1) is 0 Å². The Morgan fingerprint density at radius 1 is 1.13 bits per heavy atom. The van der Waals surface area contributed by atoms with Crippen LogP contribution >= 0.6 is 0 Å². The van der Waals surface area contributed by atoms with E-state index < -0.39 is 0 Å². The SMILES string of the molecule is CCc1cc(C2CCCC2)cc(C)c1C. The molecule has 0 radical (unpaired) electrons. The maximum Gasteiger partial charge on any atom is -0.0162 e. The molecule has 0 aliphatic heterocycles. The molecule has 1 aliphatic rings. The smallest absolute Gasteiger partial charge is 0.0162 e. The molecule has 15 heavy (non-hydrogen) atoms. The predicted octanol–water partition coefficient (Wildman–Crippen LogP) is 4.52. The lowest BCUT2D eigenvalue weighted by molar-refractivity contribution is 0.720. The first-order chi connectivity index (χ1) is 7.22. The van der Waals surface area contributed by atoms with Crippen LogP contribution in [0.15, 0.2) is 12.1 Å². The fourth-order valence-corrected chi connectivity index (χ4v) is 2.82. The maximum atomic E-state index is 2.46. The van der Waals surface area contributed by atoms with E-state index in [1.807, 2.05) is 0 Å². The summed E-state index contributed by atoms with van der Waals surface area (Å²) in [5.41, 5.74) is 6.14. The quantitative estimate of drug-likeness (QED) is 0.661. The van der Waals surface area contributed by atoms with Crippen LogP contribution in [0.2, 0.25) is 0 Å². The molecule has 0 aromatic heterocycles. The third-order valence-electron chi connectivity index (χ3n) is 4.00. The van der Waals surface area contributed by atoms with Gasteiger partial charge in [-0.05, 0) is 61.3 Å². The van der Waals surface area contributed by atoms with Gasteiger partial charge in [0.2, 0.25) is 0 Å². The van der Waals surface area contributed by atoms with Gasteiger partial charge in [-0.2, -0.15) is 0 Å². The fraction of sp³-hybridized carbons (Fsp3) is 0.600. The Balaban J connectivity index is 2.35. The summed E-state index contributed by atoms with van der Waals surface area (Å²) in [5, 5.41) is 0. The van der Waals surface area contributed by atoms with Crippen molar-refractivity contribution >= 4 is 0 Å². The van der Waals surface area contributed by atoms with Crippen LogP contribution in [0.5, 0.6) is 0 Å². The summed E-state index contributed by atoms with van der Waals surface area (Å²) < 4.78 is 0. The van der Waals surface area contributed by atoms with E-state index in [9.17, 15) is 0 Å². The standard InChI is InChI=1S/C15H22/c1-4-13-10-15(9-11(2)12(13)3)14-7-5-6-8-14/h9-10,14H,4-8H2,1-3H3. The normalized spacial score (nSPS) is 17.3. The van der Waals surface area contributed by atoms with Gasteiger partial charge in [-0.25, -0.2) is 0 Å². The van der Waals surface area contributed by atoms with E-state index in [0.29, 0.717) is 0 Å². The summed E-state index contributed by atoms with van der Waals surface area (Å²) >= 11 is 0. The van der Waals surface area contributed by atoms with E-state index >= 15 is 0 Å². The molecule has 0 N–H and O–H groups in total. The Labute approximate surface area is 93.7 Å². The van der Waals surface area contributed by atoms with Crippen LogP contribution in [0.25, 0.3) is 0 Å². The van der Waals surface area contributed by atoms with Crippen molar-refractivity contribution in [2.24, 2.45) is 0 Å². The minimum absolute atomic E-state index is 0.856. The Bertz CT molecular complexity index is 343. The van der Waals surface area contributed by atoms with E-state index in [4.69, 9.17) is 0 Å². The topological polar surface area (TPSA) is 0 Å². The lowest BCUT2D eigenvalue weighted by Gasteiger charge is -2.15. The number of benzene rings is 1. The van der Waals surface area contributed by atoms with Gasteiger partial charge < -0.3 is 0 Å². The van der Waals surface area contributed by atoms with Crippen LogP contribution in [0.4, 0.5) is 0 Å². The molecule has 0 nitrogen and oxygen atoms in total. The molecule has 1 aliphatic carbocycles. The Morgan fingerprint density at radius 3 is 2.40 bits per heavy atom. The van der Waals surface area contributed by atoms with Gasteiger partial charge in [0.15, 0.2) is 0 Å². The molecular formula is C15H22. The van der Waals surface area contributed by atoms with Gasteiger partial charge in [-0.3, -0.25) is 0 Å². The van der Waals surface area contributed by atoms with Crippen molar-refractivity contribution in [1.82, 2.24) is 0 Å². The molecule has 0 spiro atoms. The van der Waals surface area contributed by atoms with E-state index in [2.05, 4.69) is 32.9 Å². The average Bonchev–Trinajstić information content (AvgIpc) is 2.75. The van der Waals surface area contributed by atoms with Crippen molar-refractivity contribution in [3.05, 3.63) is 34.4 Å². The molecule has 1 aromatic carbocycles. The Hall–Kier alpha value is -0.780. The second kappa shape index (κ2) is 4.38. The molecule has 1 aromatic rings. The molecule has 82 valence electrons. The van der Waals surface area contributed by atoms with Crippen LogP contribution in [0.1, 0.15) is 60.8 Å². The Morgan fingerprint density at radius 2 is 1.80 bits per heavy atom. The monoisotopic (exact) mass is 202 g/mol. The predicted molar refractivity (Wildman–Crippen MR) is 66.5 cm³/mol. The highest BCUT2D eigenvalue weighted by atomic mass is 14.2. The molecule has 0 atom stereocenters. The lowest BCUT2D eigenvalue weighted by atomic mass is 9.90. The maximum absolute atomic E-state index is 2.46. The first-order valence-electron chi connectivity index (χ1n) is 6.32. The Kier molecular flexibility index (Phi) is 3.14. The second-order valence-corrected chi connectivity index (χ2v) is 4.96. The summed E-state index contributed by atoms with van der Waals surface area (Å²) in [6.45, 7) is 6.78. The van der Waals surface area contributed by atoms with Crippen LogP contribution < -0.4 is 0 Å². The zero-order valence-corrected chi connectivity index (χ0v) is 10.3. The van der Waals surface area contributed by atoms with Gasteiger partial charge in [0, 0.05) is 0 Å². The highest BCUT2D eigenvalue weighted by molar-refractivity contribution is 5.39. The van der Waals surface area contributed by atoms with E-state index in [1.54, 1.807) is 11.1 Å². The average molecular weight is 202 g/mol. The minimum Gasteiger partial charge on any atom is -0.0613 e. The molecule has 0 saturated heterocycles. The van der Waals surface area contributed by atoms with E-state index in [0.717, 1.165) is 5.92 Å². The molecule has 0 amide bonds. The number of hydrogen-bond donors (Lipinski definition) is 0. The van der Waals surface area contributed by atoms with Crippen molar-refractivity contribution < 1.29 is 0 Å². The first kappa shape index (κ1) is 10.7. The highest BCUT2D eigenvalue weighted by Crippen LogP contribution is 2.35. The lowest BCUT2D eigenvalue weighted by Crippen LogP contribution is -1.98. The highest BCUT2D eigenvalue weighted by Gasteiger charge is 2.18. The molecular weight excluding hydrogens is 180 g/mol. The van der Waals surface area contributed by atoms with Gasteiger partial charge in [0.25, 0.3) is 0 Å². The van der Waals surface area contributed by atoms with Crippen molar-refractivity contribution in [2.45, 2.75) is 58.8 Å². The minimum atomic E-state index is 0.856. The fourth-order valence-electron chi connectivity index (χ4n) is 2.82. The largest absolute Gasteiger partial charge is 0.0613 e. The van der Waals surface area contributed by atoms with Crippen molar-refractivity contribution in [3.8, 4) is 0 Å². The van der Waals surface area contributed by atoms with Crippen LogP contribution in [-0.4, -0.2) is 0 Å². The molecule has 1 fully saturated rings. The second-order valence-electron chi connectivity index (χ2n) is 4.96. The van der Waals surface area contributed by atoms with Gasteiger partial charge in [0.1, 0.15) is 0 Å². The van der Waals surface area contributed by atoms with Gasteiger partial charge in [-0.15, -0.1) is 0 Å². The zero-order chi connectivity index (χ0) is 10.8. The van der Waals surface area contributed by atoms with Gasteiger partial charge >= 0.3 is 0 Å². The summed E-state index contributed by atoms with van der Waals surface area (Å²) in [5.74, 6) is 0.856. The van der Waals surface area contributed by atoms with E-state index in [-0.39, 0.29) is 0 Å². The summed E-state index contributed by atoms with van der Waals surface area (Å²) in [6.07, 6.45) is 6.85. The number of hydrogen-bond acceptors (Lipinski definition) is 0. The zero-order valence-electron chi connectivity index (χ0n) is 10.3. The number of rotatable bonds is 2. The van der Waals surface area contributed by atoms with E-state index in [1.165, 1.54) is 43.2 Å². The third-order valence-corrected chi connectivity index (χ3v) is 4.00. The molecule has 0 unspecified atom stereocenters. The van der Waals surface area contributed by atoms with Crippen molar-refractivity contribution in [3.63, 3.8) is 0 Å². The van der Waals surface area contributed by atoms with Crippen LogP contribution in [-0.2, 0) is 6.42 Å². The molecule has 0 bridgehead atoms. The van der Waals surface area contributed by atoms with Crippen LogP contribution in [0, 0.1) is 13.8 Å². The van der Waals surface area contributed by atoms with Crippen LogP contribution in [0.3, 0.4) is 0 Å². The molecule has 1 saturated carbocycles. The molecule has 0 heterocycles.